The third-order valence-electron chi connectivity index (χ3n) is 20.6. The molecule has 0 aromatic carbocycles. The zero-order valence-corrected chi connectivity index (χ0v) is 44.7. The van der Waals surface area contributed by atoms with Crippen LogP contribution in [0.15, 0.2) is 23.3 Å². The van der Waals surface area contributed by atoms with E-state index in [0.717, 1.165) is 11.1 Å². The largest absolute Gasteiger partial charge is 0.462 e. The van der Waals surface area contributed by atoms with Gasteiger partial charge in [0, 0.05) is 16.2 Å². The lowest BCUT2D eigenvalue weighted by Gasteiger charge is -2.70. The Morgan fingerprint density at radius 3 is 1.88 bits per heavy atom. The monoisotopic (exact) mass is 1110 g/mol. The number of allylic oxidation sites excluding steroid dienone is 3. The second-order valence-electron chi connectivity index (χ2n) is 24.9. The van der Waals surface area contributed by atoms with Gasteiger partial charge in [0.1, 0.15) is 92.1 Å². The van der Waals surface area contributed by atoms with Crippen molar-refractivity contribution in [2.75, 3.05) is 39.6 Å². The maximum atomic E-state index is 14.1. The van der Waals surface area contributed by atoms with Gasteiger partial charge in [0.15, 0.2) is 18.9 Å². The molecule has 5 aliphatic carbocycles. The number of ether oxygens (including phenoxy) is 7. The van der Waals surface area contributed by atoms with E-state index >= 15 is 0 Å². The van der Waals surface area contributed by atoms with Crippen LogP contribution in [0.2, 0.25) is 0 Å². The molecule has 0 unspecified atom stereocenters. The van der Waals surface area contributed by atoms with Crippen molar-refractivity contribution in [2.45, 2.75) is 216 Å². The molecule has 0 spiro atoms. The lowest BCUT2D eigenvalue weighted by molar-refractivity contribution is -0.367. The predicted octanol–water partition coefficient (Wildman–Crippen LogP) is -3.90. The number of esters is 1. The normalized spacial score (nSPS) is 51.1. The molecule has 3 aliphatic heterocycles. The summed E-state index contributed by atoms with van der Waals surface area (Å²) in [5, 5.41) is 171. The summed E-state index contributed by atoms with van der Waals surface area (Å²) in [7, 11) is 0. The molecule has 3 saturated heterocycles. The van der Waals surface area contributed by atoms with Crippen LogP contribution in [0.4, 0.5) is 0 Å². The molecule has 16 N–H and O–H groups in total. The van der Waals surface area contributed by atoms with E-state index in [1.54, 1.807) is 13.8 Å². The SMILES string of the molecule is C[C@@H]1O[C@@H](O[C@H]2CC[C@@]3(C)[C@@H](CC[C@]4(C)[C@@H]3C=CC3=C5C[C@@](C)(C(=O)OC[C@H](O)[C@H](O)[C@H](O)CO[C@@H]6O[C@H](CO)[C@@H](O)[C@H](O)[C@H]6O)CC[C@]5(CO)[C@H](O)C[C@]34C)[C@]2(C)CO)[C@H](O)[C@H](O[C@@H]2O[C@H](CO)[C@@H](O)[C@H](O)[C@H]2O)[C@H]1O. The van der Waals surface area contributed by atoms with Crippen molar-refractivity contribution in [3.05, 3.63) is 23.3 Å². The Kier molecular flexibility index (Phi) is 18.0. The molecule has 0 aromatic heterocycles. The van der Waals surface area contributed by atoms with Gasteiger partial charge in [-0.1, -0.05) is 45.4 Å². The Bertz CT molecular complexity index is 2130. The average molecular weight is 1110 g/mol. The molecule has 8 rings (SSSR count). The first-order valence-electron chi connectivity index (χ1n) is 27.2. The fraction of sp³-hybridized carbons (Fsp3) is 0.906. The summed E-state index contributed by atoms with van der Waals surface area (Å²) in [5.74, 6) is -0.991. The summed E-state index contributed by atoms with van der Waals surface area (Å²) < 4.78 is 40.3. The topological polar surface area (TPSA) is 405 Å². The number of hydrogen-bond donors (Lipinski definition) is 16. The Labute approximate surface area is 447 Å². The molecule has 3 heterocycles. The van der Waals surface area contributed by atoms with E-state index in [1.807, 2.05) is 6.92 Å². The molecule has 3 saturated carbocycles. The minimum absolute atomic E-state index is 0.0916. The Hall–Kier alpha value is -1.93. The van der Waals surface area contributed by atoms with Gasteiger partial charge in [0.05, 0.1) is 56.8 Å². The molecule has 24 heteroatoms. The number of carbonyl (C=O) groups is 1. The summed E-state index contributed by atoms with van der Waals surface area (Å²) in [6, 6.07) is 0. The number of aliphatic hydroxyl groups is 16. The van der Waals surface area contributed by atoms with E-state index < -0.39 is 188 Å². The molecule has 8 aliphatic rings. The van der Waals surface area contributed by atoms with Gasteiger partial charge in [0.25, 0.3) is 0 Å². The smallest absolute Gasteiger partial charge is 0.312 e. The molecule has 24 nitrogen and oxygen atoms in total. The van der Waals surface area contributed by atoms with E-state index in [4.69, 9.17) is 33.2 Å². The van der Waals surface area contributed by atoms with Crippen LogP contribution in [0.25, 0.3) is 0 Å². The van der Waals surface area contributed by atoms with Crippen molar-refractivity contribution in [3.8, 4) is 0 Å². The van der Waals surface area contributed by atoms with Crippen LogP contribution in [-0.2, 0) is 38.0 Å². The van der Waals surface area contributed by atoms with Crippen molar-refractivity contribution < 1.29 is 120 Å². The summed E-state index contributed by atoms with van der Waals surface area (Å²) in [4.78, 5) is 14.1. The molecule has 0 amide bonds. The minimum atomic E-state index is -1.93. The van der Waals surface area contributed by atoms with Crippen LogP contribution in [0, 0.1) is 44.3 Å². The molecule has 442 valence electrons. The summed E-state index contributed by atoms with van der Waals surface area (Å²) in [6.45, 7) is 8.19. The van der Waals surface area contributed by atoms with Gasteiger partial charge in [-0.05, 0) is 93.5 Å². The molecule has 6 fully saturated rings. The molecule has 0 radical (unpaired) electrons. The summed E-state index contributed by atoms with van der Waals surface area (Å²) >= 11 is 0. The molecule has 77 heavy (non-hydrogen) atoms. The standard InChI is InChI=1S/C53H86O24/c1-23-34(61)43(77-45-41(68)39(66)37(64)29(18-55)75-45)42(69)46(73-23)76-33-10-11-49(3)30(50(33,4)21-56)9-12-51(5)31(49)8-7-24-25-15-48(2,13-14-53(25,22-57)32(60)16-52(24,51)6)47(70)72-20-27(59)35(62)26(58)19-71-44-40(67)38(65)36(63)28(17-54)74-44/h7-8,23,26-46,54-69H,9-22H2,1-6H3/t23-,26+,27-,28+,29+,30+,31+,32+,33-,34-,35+,36+,37+,38-,39-,40+,41+,42+,43+,44+,45-,46-,48-,49-,50-,51+,52+,53+/m0/s1. The minimum Gasteiger partial charge on any atom is -0.462 e. The fourth-order valence-electron chi connectivity index (χ4n) is 15.3. The Balaban J connectivity index is 0.974. The number of aliphatic hydroxyl groups excluding tert-OH is 16. The van der Waals surface area contributed by atoms with E-state index in [9.17, 15) is 86.5 Å². The van der Waals surface area contributed by atoms with Gasteiger partial charge in [-0.2, -0.15) is 0 Å². The zero-order chi connectivity index (χ0) is 56.7. The molecular weight excluding hydrogens is 1020 g/mol. The van der Waals surface area contributed by atoms with E-state index in [-0.39, 0.29) is 44.3 Å². The first kappa shape index (κ1) is 61.1. The number of rotatable bonds is 16. The van der Waals surface area contributed by atoms with Crippen LogP contribution in [-0.4, -0.2) is 250 Å². The number of hydrogen-bond acceptors (Lipinski definition) is 24. The zero-order valence-electron chi connectivity index (χ0n) is 44.7. The van der Waals surface area contributed by atoms with Gasteiger partial charge < -0.3 is 115 Å². The van der Waals surface area contributed by atoms with E-state index in [0.29, 0.717) is 32.1 Å². The molecular formula is C53H86O24. The molecule has 28 atom stereocenters. The highest BCUT2D eigenvalue weighted by Crippen LogP contribution is 2.74. The van der Waals surface area contributed by atoms with E-state index in [1.165, 1.54) is 0 Å². The predicted molar refractivity (Wildman–Crippen MR) is 262 cm³/mol. The van der Waals surface area contributed by atoms with Gasteiger partial charge >= 0.3 is 5.97 Å². The quantitative estimate of drug-likeness (QED) is 0.0519. The summed E-state index contributed by atoms with van der Waals surface area (Å²) in [6.07, 6.45) is -23.1. The van der Waals surface area contributed by atoms with Crippen LogP contribution in [0.3, 0.4) is 0 Å². The highest BCUT2D eigenvalue weighted by Gasteiger charge is 2.69. The number of carbonyl (C=O) groups excluding carboxylic acids is 1. The third-order valence-corrected chi connectivity index (χ3v) is 20.6. The van der Waals surface area contributed by atoms with Crippen LogP contribution < -0.4 is 0 Å². The van der Waals surface area contributed by atoms with E-state index in [2.05, 4.69) is 32.9 Å². The maximum absolute atomic E-state index is 14.1. The second kappa shape index (κ2) is 22.7. The van der Waals surface area contributed by atoms with Crippen molar-refractivity contribution in [3.63, 3.8) is 0 Å². The fourth-order valence-corrected chi connectivity index (χ4v) is 15.3. The maximum Gasteiger partial charge on any atom is 0.312 e. The lowest BCUT2D eigenvalue weighted by atomic mass is 9.35. The van der Waals surface area contributed by atoms with Crippen LogP contribution >= 0.6 is 0 Å². The lowest BCUT2D eigenvalue weighted by Crippen LogP contribution is -2.67. The van der Waals surface area contributed by atoms with Gasteiger partial charge in [-0.3, -0.25) is 4.79 Å². The Morgan fingerprint density at radius 1 is 0.675 bits per heavy atom. The van der Waals surface area contributed by atoms with Crippen molar-refractivity contribution >= 4 is 5.97 Å². The second-order valence-corrected chi connectivity index (χ2v) is 24.9. The first-order valence-corrected chi connectivity index (χ1v) is 27.2. The molecule has 0 bridgehead atoms. The van der Waals surface area contributed by atoms with Crippen LogP contribution in [0.5, 0.6) is 0 Å². The third kappa shape index (κ3) is 10.1. The highest BCUT2D eigenvalue weighted by molar-refractivity contribution is 5.77. The molecule has 0 aromatic rings. The van der Waals surface area contributed by atoms with Crippen LogP contribution in [0.1, 0.15) is 92.9 Å². The van der Waals surface area contributed by atoms with Crippen molar-refractivity contribution in [1.82, 2.24) is 0 Å². The van der Waals surface area contributed by atoms with Crippen molar-refractivity contribution in [1.29, 1.82) is 0 Å². The summed E-state index contributed by atoms with van der Waals surface area (Å²) in [5.41, 5.74) is -3.23. The Morgan fingerprint density at radius 2 is 1.27 bits per heavy atom. The highest BCUT2D eigenvalue weighted by atomic mass is 16.7. The average Bonchev–Trinajstić information content (AvgIpc) is 3.55. The number of fused-ring (bicyclic) bond motifs is 6. The van der Waals surface area contributed by atoms with Gasteiger partial charge in [-0.15, -0.1) is 0 Å². The van der Waals surface area contributed by atoms with Gasteiger partial charge in [0.2, 0.25) is 0 Å². The first-order chi connectivity index (χ1) is 36.1. The van der Waals surface area contributed by atoms with Gasteiger partial charge in [-0.25, -0.2) is 0 Å². The van der Waals surface area contributed by atoms with Crippen molar-refractivity contribution in [2.24, 2.45) is 44.3 Å².